The number of aliphatic hydroxyl groups is 1. The quantitative estimate of drug-likeness (QED) is 0.604. The van der Waals surface area contributed by atoms with Gasteiger partial charge in [-0.3, -0.25) is 0 Å². The van der Waals surface area contributed by atoms with Gasteiger partial charge in [0.15, 0.2) is 0 Å². The molecule has 0 amide bonds. The lowest BCUT2D eigenvalue weighted by molar-refractivity contribution is 0.275. The van der Waals surface area contributed by atoms with Crippen molar-refractivity contribution in [2.45, 2.75) is 19.4 Å². The molecule has 0 aliphatic heterocycles. The van der Waals surface area contributed by atoms with Crippen molar-refractivity contribution >= 4 is 0 Å². The number of aliphatic hydroxyl groups excluding tert-OH is 1. The molecule has 12 heavy (non-hydrogen) atoms. The minimum Gasteiger partial charge on any atom is -0.396 e. The Labute approximate surface area is 71.2 Å². The van der Waals surface area contributed by atoms with Gasteiger partial charge in [-0.25, -0.2) is 4.68 Å². The third-order valence-corrected chi connectivity index (χ3v) is 1.63. The van der Waals surface area contributed by atoms with Crippen molar-refractivity contribution in [2.24, 2.45) is 5.73 Å². The molecular weight excluding hydrogens is 156 g/mol. The Balaban J connectivity index is 2.51. The summed E-state index contributed by atoms with van der Waals surface area (Å²) in [5.41, 5.74) is 6.43. The third-order valence-electron chi connectivity index (χ3n) is 1.63. The Morgan fingerprint density at radius 3 is 3.08 bits per heavy atom. The highest BCUT2D eigenvalue weighted by molar-refractivity contribution is 4.94. The summed E-state index contributed by atoms with van der Waals surface area (Å²) in [5, 5.41) is 16.2. The van der Waals surface area contributed by atoms with Crippen LogP contribution in [0.4, 0.5) is 0 Å². The van der Waals surface area contributed by atoms with Gasteiger partial charge in [0.1, 0.15) is 0 Å². The van der Waals surface area contributed by atoms with Crippen molar-refractivity contribution in [1.82, 2.24) is 15.0 Å². The molecular formula is C7H14N4O. The smallest absolute Gasteiger partial charge is 0.0725 e. The summed E-state index contributed by atoms with van der Waals surface area (Å²) in [5.74, 6) is 0. The largest absolute Gasteiger partial charge is 0.396 e. The molecule has 0 fully saturated rings. The Bertz CT molecular complexity index is 223. The van der Waals surface area contributed by atoms with Crippen molar-refractivity contribution in [2.75, 3.05) is 13.2 Å². The highest BCUT2D eigenvalue weighted by Gasteiger charge is 2.00. The number of rotatable bonds is 5. The molecule has 0 spiro atoms. The molecule has 0 saturated carbocycles. The molecule has 5 nitrogen and oxygen atoms in total. The minimum absolute atomic E-state index is 0.182. The zero-order valence-electron chi connectivity index (χ0n) is 6.98. The molecule has 0 atom stereocenters. The highest BCUT2D eigenvalue weighted by atomic mass is 16.3. The normalized spacial score (nSPS) is 10.5. The van der Waals surface area contributed by atoms with Crippen LogP contribution < -0.4 is 5.73 Å². The number of hydrogen-bond acceptors (Lipinski definition) is 4. The van der Waals surface area contributed by atoms with Gasteiger partial charge < -0.3 is 10.8 Å². The number of nitrogens with two attached hydrogens (primary N) is 1. The van der Waals surface area contributed by atoms with Gasteiger partial charge in [0.25, 0.3) is 0 Å². The second-order valence-corrected chi connectivity index (χ2v) is 2.56. The lowest BCUT2D eigenvalue weighted by Crippen LogP contribution is -2.11. The molecule has 0 radical (unpaired) electrons. The van der Waals surface area contributed by atoms with E-state index in [1.54, 1.807) is 10.9 Å². The van der Waals surface area contributed by atoms with Gasteiger partial charge in [-0.2, -0.15) is 0 Å². The van der Waals surface area contributed by atoms with Gasteiger partial charge in [-0.05, 0) is 13.0 Å². The summed E-state index contributed by atoms with van der Waals surface area (Å²) in [4.78, 5) is 0. The van der Waals surface area contributed by atoms with E-state index in [4.69, 9.17) is 10.8 Å². The van der Waals surface area contributed by atoms with Gasteiger partial charge >= 0.3 is 0 Å². The summed E-state index contributed by atoms with van der Waals surface area (Å²) >= 11 is 0. The second kappa shape index (κ2) is 4.84. The fourth-order valence-corrected chi connectivity index (χ4v) is 1.03. The highest BCUT2D eigenvalue weighted by Crippen LogP contribution is 1.97. The molecule has 0 aliphatic rings. The predicted molar refractivity (Wildman–Crippen MR) is 44.5 cm³/mol. The maximum Gasteiger partial charge on any atom is 0.0725 e. The molecule has 1 rings (SSSR count). The van der Waals surface area contributed by atoms with E-state index in [9.17, 15) is 0 Å². The predicted octanol–water partition coefficient (Wildman–Crippen LogP) is -0.838. The summed E-state index contributed by atoms with van der Waals surface area (Å²) in [6.07, 6.45) is 3.21. The minimum atomic E-state index is 0.182. The molecule has 0 bridgehead atoms. The summed E-state index contributed by atoms with van der Waals surface area (Å²) in [7, 11) is 0. The molecule has 0 unspecified atom stereocenters. The molecule has 5 heteroatoms. The van der Waals surface area contributed by atoms with Gasteiger partial charge in [-0.1, -0.05) is 5.21 Å². The standard InChI is InChI=1S/C7H14N4O/c8-3-2-7-6-9-10-11(7)4-1-5-12/h6,12H,1-5,8H2. The molecule has 1 aromatic heterocycles. The lowest BCUT2D eigenvalue weighted by Gasteiger charge is -2.02. The molecule has 1 heterocycles. The van der Waals surface area contributed by atoms with Crippen LogP contribution in [0.2, 0.25) is 0 Å². The van der Waals surface area contributed by atoms with Crippen molar-refractivity contribution < 1.29 is 5.11 Å². The van der Waals surface area contributed by atoms with E-state index in [2.05, 4.69) is 10.3 Å². The first-order valence-electron chi connectivity index (χ1n) is 4.06. The second-order valence-electron chi connectivity index (χ2n) is 2.56. The average Bonchev–Trinajstić information content (AvgIpc) is 2.50. The van der Waals surface area contributed by atoms with Crippen LogP contribution in [-0.4, -0.2) is 33.3 Å². The Morgan fingerprint density at radius 1 is 1.58 bits per heavy atom. The van der Waals surface area contributed by atoms with Crippen molar-refractivity contribution in [3.63, 3.8) is 0 Å². The number of aromatic nitrogens is 3. The topological polar surface area (TPSA) is 77.0 Å². The van der Waals surface area contributed by atoms with Crippen LogP contribution in [-0.2, 0) is 13.0 Å². The zero-order valence-corrected chi connectivity index (χ0v) is 6.98. The summed E-state index contributed by atoms with van der Waals surface area (Å²) < 4.78 is 1.78. The average molecular weight is 170 g/mol. The molecule has 68 valence electrons. The van der Waals surface area contributed by atoms with E-state index in [1.165, 1.54) is 0 Å². The van der Waals surface area contributed by atoms with E-state index in [-0.39, 0.29) is 6.61 Å². The third kappa shape index (κ3) is 2.28. The zero-order chi connectivity index (χ0) is 8.81. The Kier molecular flexibility index (Phi) is 3.69. The maximum absolute atomic E-state index is 8.60. The van der Waals surface area contributed by atoms with E-state index >= 15 is 0 Å². The van der Waals surface area contributed by atoms with Crippen LogP contribution in [0.1, 0.15) is 12.1 Å². The molecule has 0 saturated heterocycles. The first kappa shape index (κ1) is 9.15. The van der Waals surface area contributed by atoms with Gasteiger partial charge in [0.2, 0.25) is 0 Å². The lowest BCUT2D eigenvalue weighted by atomic mass is 10.3. The summed E-state index contributed by atoms with van der Waals surface area (Å²) in [6.45, 7) is 1.50. The van der Waals surface area contributed by atoms with E-state index in [0.29, 0.717) is 19.5 Å². The van der Waals surface area contributed by atoms with Gasteiger partial charge in [0, 0.05) is 19.6 Å². The van der Waals surface area contributed by atoms with Crippen LogP contribution >= 0.6 is 0 Å². The van der Waals surface area contributed by atoms with Crippen molar-refractivity contribution in [3.8, 4) is 0 Å². The van der Waals surface area contributed by atoms with Gasteiger partial charge in [-0.15, -0.1) is 5.10 Å². The fourth-order valence-electron chi connectivity index (χ4n) is 1.03. The number of nitrogens with zero attached hydrogens (tertiary/aromatic N) is 3. The Morgan fingerprint density at radius 2 is 2.42 bits per heavy atom. The SMILES string of the molecule is NCCc1cnnn1CCCO. The van der Waals surface area contributed by atoms with E-state index in [0.717, 1.165) is 12.1 Å². The van der Waals surface area contributed by atoms with Crippen LogP contribution in [0.15, 0.2) is 6.20 Å². The Hall–Kier alpha value is -0.940. The van der Waals surface area contributed by atoms with Crippen LogP contribution in [0.5, 0.6) is 0 Å². The molecule has 3 N–H and O–H groups in total. The van der Waals surface area contributed by atoms with Crippen LogP contribution in [0.3, 0.4) is 0 Å². The van der Waals surface area contributed by atoms with E-state index in [1.807, 2.05) is 0 Å². The molecule has 1 aromatic rings. The fraction of sp³-hybridized carbons (Fsp3) is 0.714. The number of aryl methyl sites for hydroxylation is 1. The summed E-state index contributed by atoms with van der Waals surface area (Å²) in [6, 6.07) is 0. The van der Waals surface area contributed by atoms with E-state index < -0.39 is 0 Å². The maximum atomic E-state index is 8.60. The van der Waals surface area contributed by atoms with Gasteiger partial charge in [0.05, 0.1) is 11.9 Å². The number of hydrogen-bond donors (Lipinski definition) is 2. The van der Waals surface area contributed by atoms with Crippen molar-refractivity contribution in [3.05, 3.63) is 11.9 Å². The van der Waals surface area contributed by atoms with Crippen LogP contribution in [0.25, 0.3) is 0 Å². The first-order chi connectivity index (χ1) is 5.88. The first-order valence-corrected chi connectivity index (χ1v) is 4.06. The monoisotopic (exact) mass is 170 g/mol. The molecule has 0 aliphatic carbocycles. The molecule has 0 aromatic carbocycles. The van der Waals surface area contributed by atoms with Crippen LogP contribution in [0, 0.1) is 0 Å². The van der Waals surface area contributed by atoms with Crippen molar-refractivity contribution in [1.29, 1.82) is 0 Å².